The minimum absolute atomic E-state index is 0.155. The van der Waals surface area contributed by atoms with Gasteiger partial charge in [0.05, 0.1) is 12.1 Å². The zero-order valence-electron chi connectivity index (χ0n) is 11.5. The van der Waals surface area contributed by atoms with Gasteiger partial charge in [0.2, 0.25) is 0 Å². The van der Waals surface area contributed by atoms with Gasteiger partial charge in [-0.1, -0.05) is 18.2 Å². The Labute approximate surface area is 126 Å². The highest BCUT2D eigenvalue weighted by Gasteiger charge is 2.23. The Morgan fingerprint density at radius 1 is 1.29 bits per heavy atom. The molecule has 2 aromatic heterocycles. The van der Waals surface area contributed by atoms with E-state index >= 15 is 0 Å². The Morgan fingerprint density at radius 3 is 2.62 bits per heavy atom. The van der Waals surface area contributed by atoms with E-state index < -0.39 is 9.05 Å². The SMILES string of the molecule is Cc1c(S(=O)(=O)Cl)c2ccccc2n1Cc1nncn1C. The van der Waals surface area contributed by atoms with E-state index in [1.54, 1.807) is 30.0 Å². The molecule has 1 aromatic carbocycles. The van der Waals surface area contributed by atoms with Gasteiger partial charge in [-0.05, 0) is 13.0 Å². The van der Waals surface area contributed by atoms with Gasteiger partial charge in [-0.25, -0.2) is 8.42 Å². The predicted molar refractivity (Wildman–Crippen MR) is 79.8 cm³/mol. The van der Waals surface area contributed by atoms with E-state index in [4.69, 9.17) is 10.7 Å². The van der Waals surface area contributed by atoms with Crippen LogP contribution in [0, 0.1) is 6.92 Å². The van der Waals surface area contributed by atoms with Gasteiger partial charge < -0.3 is 9.13 Å². The summed E-state index contributed by atoms with van der Waals surface area (Å²) < 4.78 is 27.4. The first-order valence-corrected chi connectivity index (χ1v) is 8.56. The maximum Gasteiger partial charge on any atom is 0.263 e. The fourth-order valence-electron chi connectivity index (χ4n) is 2.50. The summed E-state index contributed by atoms with van der Waals surface area (Å²) in [7, 11) is 3.62. The molecule has 0 fully saturated rings. The molecule has 0 saturated carbocycles. The quantitative estimate of drug-likeness (QED) is 0.691. The van der Waals surface area contributed by atoms with Gasteiger partial charge in [-0.2, -0.15) is 0 Å². The molecular formula is C13H13ClN4O2S. The van der Waals surface area contributed by atoms with E-state index in [-0.39, 0.29) is 4.90 Å². The predicted octanol–water partition coefficient (Wildman–Crippen LogP) is 2.05. The van der Waals surface area contributed by atoms with Crippen molar-refractivity contribution < 1.29 is 8.42 Å². The maximum atomic E-state index is 11.9. The largest absolute Gasteiger partial charge is 0.336 e. The standard InChI is InChI=1S/C13H13ClN4O2S/c1-9-13(21(14,19)20)10-5-3-4-6-11(10)18(9)7-12-16-15-8-17(12)2/h3-6,8H,7H2,1-2H3. The molecule has 2 heterocycles. The highest BCUT2D eigenvalue weighted by atomic mass is 35.7. The number of rotatable bonds is 3. The Morgan fingerprint density at radius 2 is 2.00 bits per heavy atom. The molecule has 3 aromatic rings. The minimum atomic E-state index is -3.82. The summed E-state index contributed by atoms with van der Waals surface area (Å²) >= 11 is 0. The molecule has 3 rings (SSSR count). The van der Waals surface area contributed by atoms with Gasteiger partial charge in [0.1, 0.15) is 11.2 Å². The molecule has 0 aliphatic rings. The third kappa shape index (κ3) is 2.32. The zero-order valence-corrected chi connectivity index (χ0v) is 13.1. The second-order valence-corrected chi connectivity index (χ2v) is 7.32. The summed E-state index contributed by atoms with van der Waals surface area (Å²) in [5.41, 5.74) is 1.39. The number of fused-ring (bicyclic) bond motifs is 1. The highest BCUT2D eigenvalue weighted by molar-refractivity contribution is 8.14. The summed E-state index contributed by atoms with van der Waals surface area (Å²) in [4.78, 5) is 0.155. The lowest BCUT2D eigenvalue weighted by Gasteiger charge is -2.07. The monoisotopic (exact) mass is 324 g/mol. The Kier molecular flexibility index (Phi) is 3.26. The van der Waals surface area contributed by atoms with Crippen LogP contribution in [0.15, 0.2) is 35.5 Å². The second kappa shape index (κ2) is 4.85. The first-order chi connectivity index (χ1) is 9.89. The Balaban J connectivity index is 2.29. The molecule has 0 aliphatic carbocycles. The summed E-state index contributed by atoms with van der Waals surface area (Å²) in [5.74, 6) is 0.734. The maximum absolute atomic E-state index is 11.9. The first kappa shape index (κ1) is 14.1. The summed E-state index contributed by atoms with van der Waals surface area (Å²) in [5, 5.41) is 8.50. The third-order valence-corrected chi connectivity index (χ3v) is 4.99. The van der Waals surface area contributed by atoms with Crippen molar-refractivity contribution in [1.82, 2.24) is 19.3 Å². The number of aryl methyl sites for hydroxylation is 1. The van der Waals surface area contributed by atoms with Gasteiger partial charge in [0.15, 0.2) is 5.82 Å². The number of hydrogen-bond donors (Lipinski definition) is 0. The van der Waals surface area contributed by atoms with Crippen LogP contribution in [0.5, 0.6) is 0 Å². The molecule has 0 N–H and O–H groups in total. The van der Waals surface area contributed by atoms with Crippen LogP contribution in [0.4, 0.5) is 0 Å². The van der Waals surface area contributed by atoms with Crippen molar-refractivity contribution in [2.45, 2.75) is 18.4 Å². The van der Waals surface area contributed by atoms with Crippen molar-refractivity contribution in [2.75, 3.05) is 0 Å². The molecule has 0 bridgehead atoms. The van der Waals surface area contributed by atoms with Crippen molar-refractivity contribution >= 4 is 30.6 Å². The molecule has 0 amide bonds. The van der Waals surface area contributed by atoms with Gasteiger partial charge >= 0.3 is 0 Å². The summed E-state index contributed by atoms with van der Waals surface area (Å²) in [6, 6.07) is 7.27. The molecule has 0 saturated heterocycles. The van der Waals surface area contributed by atoms with Gasteiger partial charge in [0.25, 0.3) is 9.05 Å². The van der Waals surface area contributed by atoms with Gasteiger partial charge in [-0.3, -0.25) is 0 Å². The number of hydrogen-bond acceptors (Lipinski definition) is 4. The first-order valence-electron chi connectivity index (χ1n) is 6.25. The Bertz CT molecular complexity index is 927. The van der Waals surface area contributed by atoms with E-state index in [1.165, 1.54) is 0 Å². The van der Waals surface area contributed by atoms with Crippen molar-refractivity contribution in [3.63, 3.8) is 0 Å². The Hall–Kier alpha value is -1.86. The molecule has 6 nitrogen and oxygen atoms in total. The number of halogens is 1. The molecule has 110 valence electrons. The fourth-order valence-corrected chi connectivity index (χ4v) is 3.99. The topological polar surface area (TPSA) is 69.8 Å². The van der Waals surface area contributed by atoms with E-state index in [0.29, 0.717) is 17.6 Å². The summed E-state index contributed by atoms with van der Waals surface area (Å²) in [6.45, 7) is 2.17. The van der Waals surface area contributed by atoms with E-state index in [2.05, 4.69) is 10.2 Å². The van der Waals surface area contributed by atoms with Crippen LogP contribution in [0.1, 0.15) is 11.5 Å². The average Bonchev–Trinajstić information content (AvgIpc) is 2.92. The number of benzene rings is 1. The molecule has 8 heteroatoms. The molecular weight excluding hydrogens is 312 g/mol. The fraction of sp³-hybridized carbons (Fsp3) is 0.231. The van der Waals surface area contributed by atoms with Crippen molar-refractivity contribution in [3.05, 3.63) is 42.1 Å². The van der Waals surface area contributed by atoms with E-state index in [0.717, 1.165) is 11.3 Å². The summed E-state index contributed by atoms with van der Waals surface area (Å²) in [6.07, 6.45) is 1.61. The van der Waals surface area contributed by atoms with Crippen LogP contribution in [-0.2, 0) is 22.6 Å². The highest BCUT2D eigenvalue weighted by Crippen LogP contribution is 2.32. The molecule has 0 aliphatic heterocycles. The van der Waals surface area contributed by atoms with E-state index in [1.807, 2.05) is 23.7 Å². The van der Waals surface area contributed by atoms with Gasteiger partial charge in [-0.15, -0.1) is 10.2 Å². The van der Waals surface area contributed by atoms with Crippen LogP contribution in [0.25, 0.3) is 10.9 Å². The van der Waals surface area contributed by atoms with Crippen LogP contribution in [0.3, 0.4) is 0 Å². The molecule has 0 atom stereocenters. The smallest absolute Gasteiger partial charge is 0.263 e. The van der Waals surface area contributed by atoms with Crippen molar-refractivity contribution in [3.8, 4) is 0 Å². The second-order valence-electron chi connectivity index (χ2n) is 4.81. The van der Waals surface area contributed by atoms with Crippen LogP contribution < -0.4 is 0 Å². The third-order valence-electron chi connectivity index (χ3n) is 3.52. The van der Waals surface area contributed by atoms with E-state index in [9.17, 15) is 8.42 Å². The number of para-hydroxylation sites is 1. The molecule has 21 heavy (non-hydrogen) atoms. The molecule has 0 spiro atoms. The number of aromatic nitrogens is 4. The molecule has 0 unspecified atom stereocenters. The van der Waals surface area contributed by atoms with Crippen LogP contribution in [-0.4, -0.2) is 27.7 Å². The normalized spacial score (nSPS) is 12.1. The zero-order chi connectivity index (χ0) is 15.2. The van der Waals surface area contributed by atoms with Gasteiger partial charge in [0, 0.05) is 28.8 Å². The van der Waals surface area contributed by atoms with Crippen molar-refractivity contribution in [1.29, 1.82) is 0 Å². The lowest BCUT2D eigenvalue weighted by Crippen LogP contribution is -2.07. The lowest BCUT2D eigenvalue weighted by atomic mass is 10.2. The average molecular weight is 325 g/mol. The minimum Gasteiger partial charge on any atom is -0.336 e. The molecule has 0 radical (unpaired) electrons. The van der Waals surface area contributed by atoms with Crippen molar-refractivity contribution in [2.24, 2.45) is 7.05 Å². The number of nitrogens with zero attached hydrogens (tertiary/aromatic N) is 4. The van der Waals surface area contributed by atoms with Crippen LogP contribution in [0.2, 0.25) is 0 Å². The lowest BCUT2D eigenvalue weighted by molar-refractivity contribution is 0.608. The van der Waals surface area contributed by atoms with Crippen LogP contribution >= 0.6 is 10.7 Å².